The molecule has 0 bridgehead atoms. The zero-order valence-corrected chi connectivity index (χ0v) is 20.5. The zero-order valence-electron chi connectivity index (χ0n) is 19.7. The van der Waals surface area contributed by atoms with Crippen molar-refractivity contribution in [3.63, 3.8) is 0 Å². The van der Waals surface area contributed by atoms with Crippen LogP contribution in [0.2, 0.25) is 0 Å². The van der Waals surface area contributed by atoms with E-state index in [0.29, 0.717) is 46.7 Å². The van der Waals surface area contributed by atoms with Crippen LogP contribution in [0, 0.1) is 0 Å². The molecule has 1 atom stereocenters. The molecule has 35 heavy (non-hydrogen) atoms. The molecule has 2 aromatic carbocycles. The maximum Gasteiger partial charge on any atom is 0.301 e. The molecule has 0 aliphatic carbocycles. The summed E-state index contributed by atoms with van der Waals surface area (Å²) < 4.78 is 16.8. The molecule has 1 saturated heterocycles. The van der Waals surface area contributed by atoms with E-state index in [9.17, 15) is 14.7 Å². The number of ketones is 1. The molecule has 0 spiro atoms. The topological polar surface area (TPSA) is 98.2 Å². The number of Topliss-reactive ketones (excluding diaryl/α,β-unsaturated/α-hetero) is 1. The average Bonchev–Trinajstić information content (AvgIpc) is 3.49. The first-order valence-electron chi connectivity index (χ1n) is 11.2. The van der Waals surface area contributed by atoms with Crippen LogP contribution in [0.4, 0.5) is 5.13 Å². The summed E-state index contributed by atoms with van der Waals surface area (Å²) in [6.45, 7) is 4.83. The number of aliphatic hydroxyl groups is 1. The second kappa shape index (κ2) is 10.6. The molecule has 9 heteroatoms. The number of hydrogen-bond donors (Lipinski definition) is 1. The van der Waals surface area contributed by atoms with Crippen molar-refractivity contribution in [3.8, 4) is 17.2 Å². The van der Waals surface area contributed by atoms with Gasteiger partial charge in [-0.25, -0.2) is 4.98 Å². The van der Waals surface area contributed by atoms with Gasteiger partial charge in [-0.1, -0.05) is 25.1 Å². The molecule has 1 aliphatic heterocycles. The molecule has 0 radical (unpaired) electrons. The smallest absolute Gasteiger partial charge is 0.301 e. The molecule has 1 amide bonds. The summed E-state index contributed by atoms with van der Waals surface area (Å²) in [6.07, 6.45) is 2.39. The van der Waals surface area contributed by atoms with E-state index in [1.165, 1.54) is 23.3 Å². The van der Waals surface area contributed by atoms with E-state index in [1.807, 2.05) is 13.8 Å². The quantitative estimate of drug-likeness (QED) is 0.255. The maximum atomic E-state index is 13.3. The molecule has 182 valence electrons. The molecular weight excluding hydrogens is 468 g/mol. The summed E-state index contributed by atoms with van der Waals surface area (Å²) in [5.41, 5.74) is 0.905. The van der Waals surface area contributed by atoms with Gasteiger partial charge < -0.3 is 19.3 Å². The van der Waals surface area contributed by atoms with Gasteiger partial charge >= 0.3 is 5.91 Å². The Morgan fingerprint density at radius 2 is 1.94 bits per heavy atom. The van der Waals surface area contributed by atoms with Crippen LogP contribution in [0.5, 0.6) is 17.2 Å². The zero-order chi connectivity index (χ0) is 24.9. The highest BCUT2D eigenvalue weighted by Gasteiger charge is 2.48. The molecule has 3 aromatic rings. The number of thiazole rings is 1. The van der Waals surface area contributed by atoms with Crippen molar-refractivity contribution in [1.82, 2.24) is 4.98 Å². The van der Waals surface area contributed by atoms with E-state index < -0.39 is 17.7 Å². The van der Waals surface area contributed by atoms with Crippen LogP contribution in [0.3, 0.4) is 0 Å². The van der Waals surface area contributed by atoms with E-state index in [0.717, 1.165) is 6.42 Å². The van der Waals surface area contributed by atoms with Crippen molar-refractivity contribution >= 4 is 33.9 Å². The number of benzene rings is 2. The second-order valence-corrected chi connectivity index (χ2v) is 8.58. The van der Waals surface area contributed by atoms with Crippen molar-refractivity contribution in [2.45, 2.75) is 26.3 Å². The van der Waals surface area contributed by atoms with Crippen molar-refractivity contribution < 1.29 is 28.9 Å². The summed E-state index contributed by atoms with van der Waals surface area (Å²) in [5.74, 6) is -0.311. The number of carbonyl (C=O) groups is 2. The number of rotatable bonds is 9. The lowest BCUT2D eigenvalue weighted by atomic mass is 9.95. The SMILES string of the molecule is CCCOc1cccc(C(O)=C2C(=O)C(=O)N(c3nccs3)C2c2ccc(OCC)c(OC)c2)c1. The fraction of sp³-hybridized carbons (Fsp3) is 0.269. The Hall–Kier alpha value is -3.85. The van der Waals surface area contributed by atoms with Gasteiger partial charge in [-0.05, 0) is 43.2 Å². The average molecular weight is 495 g/mol. The third-order valence-corrected chi connectivity index (χ3v) is 6.22. The summed E-state index contributed by atoms with van der Waals surface area (Å²) >= 11 is 1.23. The lowest BCUT2D eigenvalue weighted by Gasteiger charge is -2.24. The van der Waals surface area contributed by atoms with Gasteiger partial charge in [-0.3, -0.25) is 14.5 Å². The number of aliphatic hydroxyl groups excluding tert-OH is 1. The maximum absolute atomic E-state index is 13.3. The Morgan fingerprint density at radius 1 is 1.11 bits per heavy atom. The molecule has 8 nitrogen and oxygen atoms in total. The monoisotopic (exact) mass is 494 g/mol. The van der Waals surface area contributed by atoms with Crippen LogP contribution in [-0.4, -0.2) is 42.1 Å². The van der Waals surface area contributed by atoms with Gasteiger partial charge in [0.1, 0.15) is 11.5 Å². The van der Waals surface area contributed by atoms with Gasteiger partial charge in [0, 0.05) is 17.1 Å². The molecule has 1 aliphatic rings. The fourth-order valence-electron chi connectivity index (χ4n) is 3.92. The lowest BCUT2D eigenvalue weighted by molar-refractivity contribution is -0.132. The number of hydrogen-bond acceptors (Lipinski definition) is 8. The molecule has 4 rings (SSSR count). The minimum absolute atomic E-state index is 0.0379. The number of ether oxygens (including phenoxy) is 3. The highest BCUT2D eigenvalue weighted by molar-refractivity contribution is 7.14. The van der Waals surface area contributed by atoms with Crippen LogP contribution in [0.1, 0.15) is 37.4 Å². The van der Waals surface area contributed by atoms with Gasteiger partial charge in [0.15, 0.2) is 16.6 Å². The first-order chi connectivity index (χ1) is 17.0. The third-order valence-electron chi connectivity index (χ3n) is 5.45. The molecule has 2 heterocycles. The van der Waals surface area contributed by atoms with Gasteiger partial charge in [0.2, 0.25) is 0 Å². The predicted molar refractivity (Wildman–Crippen MR) is 133 cm³/mol. The van der Waals surface area contributed by atoms with Crippen molar-refractivity contribution in [2.75, 3.05) is 25.2 Å². The summed E-state index contributed by atoms with van der Waals surface area (Å²) in [4.78, 5) is 32.0. The molecule has 1 unspecified atom stereocenters. The number of carbonyl (C=O) groups excluding carboxylic acids is 2. The van der Waals surface area contributed by atoms with E-state index in [2.05, 4.69) is 4.98 Å². The third kappa shape index (κ3) is 4.72. The number of anilines is 1. The highest BCUT2D eigenvalue weighted by atomic mass is 32.1. The van der Waals surface area contributed by atoms with E-state index in [1.54, 1.807) is 54.0 Å². The first kappa shape index (κ1) is 24.3. The largest absolute Gasteiger partial charge is 0.507 e. The van der Waals surface area contributed by atoms with Crippen LogP contribution in [-0.2, 0) is 9.59 Å². The number of amides is 1. The lowest BCUT2D eigenvalue weighted by Crippen LogP contribution is -2.29. The first-order valence-corrected chi connectivity index (χ1v) is 12.1. The Kier molecular flexibility index (Phi) is 7.36. The van der Waals surface area contributed by atoms with Crippen LogP contribution >= 0.6 is 11.3 Å². The molecule has 1 aromatic heterocycles. The van der Waals surface area contributed by atoms with Crippen LogP contribution in [0.15, 0.2) is 59.6 Å². The summed E-state index contributed by atoms with van der Waals surface area (Å²) in [5, 5.41) is 13.4. The van der Waals surface area contributed by atoms with E-state index in [-0.39, 0.29) is 11.3 Å². The fourth-order valence-corrected chi connectivity index (χ4v) is 4.58. The Balaban J connectivity index is 1.88. The van der Waals surface area contributed by atoms with E-state index >= 15 is 0 Å². The minimum atomic E-state index is -0.911. The Morgan fingerprint density at radius 3 is 2.63 bits per heavy atom. The molecule has 1 fully saturated rings. The summed E-state index contributed by atoms with van der Waals surface area (Å²) in [7, 11) is 1.52. The van der Waals surface area contributed by atoms with Crippen molar-refractivity contribution in [2.24, 2.45) is 0 Å². The number of aromatic nitrogens is 1. The van der Waals surface area contributed by atoms with E-state index in [4.69, 9.17) is 14.2 Å². The highest BCUT2D eigenvalue weighted by Crippen LogP contribution is 2.44. The molecular formula is C26H26N2O6S. The van der Waals surface area contributed by atoms with Crippen molar-refractivity contribution in [3.05, 3.63) is 70.7 Å². The predicted octanol–water partition coefficient (Wildman–Crippen LogP) is 4.97. The normalized spacial score (nSPS) is 17.0. The van der Waals surface area contributed by atoms with Gasteiger partial charge in [-0.2, -0.15) is 0 Å². The van der Waals surface area contributed by atoms with Crippen LogP contribution < -0.4 is 19.1 Å². The second-order valence-electron chi connectivity index (χ2n) is 7.70. The van der Waals surface area contributed by atoms with Crippen molar-refractivity contribution in [1.29, 1.82) is 0 Å². The molecule has 1 N–H and O–H groups in total. The van der Waals surface area contributed by atoms with Gasteiger partial charge in [-0.15, -0.1) is 11.3 Å². The van der Waals surface area contributed by atoms with Gasteiger partial charge in [0.25, 0.3) is 5.78 Å². The Labute approximate surface area is 207 Å². The molecule has 0 saturated carbocycles. The Bertz CT molecular complexity index is 1250. The van der Waals surface area contributed by atoms with Gasteiger partial charge in [0.05, 0.1) is 31.9 Å². The standard InChI is InChI=1S/C26H26N2O6S/c1-4-12-34-18-8-6-7-17(14-18)23(29)21-22(16-9-10-19(33-5-2)20(15-16)32-3)28(25(31)24(21)30)26-27-11-13-35-26/h6-11,13-15,22,29H,4-5,12H2,1-3H3. The minimum Gasteiger partial charge on any atom is -0.507 e. The number of methoxy groups -OCH3 is 1. The summed E-state index contributed by atoms with van der Waals surface area (Å²) in [6, 6.07) is 11.1. The van der Waals surface area contributed by atoms with Crippen LogP contribution in [0.25, 0.3) is 5.76 Å². The number of nitrogens with zero attached hydrogens (tertiary/aromatic N) is 2.